The topological polar surface area (TPSA) is 73.8 Å². The van der Waals surface area contributed by atoms with Crippen molar-refractivity contribution in [3.63, 3.8) is 0 Å². The van der Waals surface area contributed by atoms with E-state index in [1.807, 2.05) is 24.3 Å². The third-order valence-corrected chi connectivity index (χ3v) is 26.2. The molecule has 0 aliphatic heterocycles. The smallest absolute Gasteiger partial charge is 0.160 e. The number of ether oxygens (including phenoxy) is 8. The molecule has 0 saturated heterocycles. The number of hydrogen-bond acceptors (Lipinski definition) is 8. The minimum Gasteiger partial charge on any atom is -0.493 e. The molecule has 0 bridgehead atoms. The van der Waals surface area contributed by atoms with E-state index in [4.69, 9.17) is 37.9 Å². The molecule has 4 aromatic carbocycles. The van der Waals surface area contributed by atoms with E-state index in [1.165, 1.54) is 69.1 Å². The molecule has 0 spiro atoms. The molecule has 288 valence electrons. The summed E-state index contributed by atoms with van der Waals surface area (Å²) < 4.78 is 46.3. The van der Waals surface area contributed by atoms with Crippen LogP contribution >= 0.6 is 0 Å². The molecule has 4 rings (SSSR count). The minimum atomic E-state index is -1.76. The van der Waals surface area contributed by atoms with Crippen molar-refractivity contribution < 1.29 is 37.9 Å². The molecule has 0 heterocycles. The molecule has 0 aliphatic carbocycles. The monoisotopic (exact) mass is 808 g/mol. The molecule has 0 N–H and O–H groups in total. The molecule has 0 radical (unpaired) electrons. The highest BCUT2D eigenvalue weighted by Gasteiger charge is 2.32. The van der Waals surface area contributed by atoms with Crippen molar-refractivity contribution in [1.82, 2.24) is 0 Å². The predicted octanol–water partition coefficient (Wildman–Crippen LogP) is 3.15. The van der Waals surface area contributed by atoms with Crippen molar-refractivity contribution in [2.45, 2.75) is 48.4 Å². The van der Waals surface area contributed by atoms with Crippen LogP contribution in [0, 0.1) is 0 Å². The zero-order chi connectivity index (χ0) is 38.1. The Balaban J connectivity index is 1.64. The minimum absolute atomic E-state index is 0.586. The van der Waals surface area contributed by atoms with Gasteiger partial charge in [0.2, 0.25) is 0 Å². The van der Waals surface area contributed by atoms with Crippen LogP contribution in [0.1, 0.15) is 0 Å². The fraction of sp³-hybridized carbons (Fsp3) is 0.400. The average Bonchev–Trinajstić information content (AvgIpc) is 3.20. The Morgan fingerprint density at radius 3 is 0.755 bits per heavy atom. The molecule has 13 heteroatoms. The lowest BCUT2D eigenvalue weighted by molar-refractivity contribution is 0.357. The summed E-state index contributed by atoms with van der Waals surface area (Å²) in [4.78, 5) is 0. The molecular weight excluding hydrogens is 749 g/mol. The molecule has 0 saturated carbocycles. The number of rotatable bonds is 24. The van der Waals surface area contributed by atoms with Gasteiger partial charge in [0.25, 0.3) is 0 Å². The Morgan fingerprint density at radius 1 is 0.340 bits per heavy atom. The number of benzene rings is 4. The zero-order valence-corrected chi connectivity index (χ0v) is 39.8. The Bertz CT molecular complexity index is 1470. The van der Waals surface area contributed by atoms with Gasteiger partial charge < -0.3 is 37.9 Å². The summed E-state index contributed by atoms with van der Waals surface area (Å²) in [5.41, 5.74) is 0. The molecule has 0 aromatic heterocycles. The van der Waals surface area contributed by atoms with Crippen LogP contribution in [0.2, 0.25) is 48.4 Å². The maximum absolute atomic E-state index is 5.89. The summed E-state index contributed by atoms with van der Waals surface area (Å²) in [6, 6.07) is 35.9. The highest BCUT2D eigenvalue weighted by atomic mass is 28.3. The van der Waals surface area contributed by atoms with Crippen LogP contribution in [-0.4, -0.2) is 103 Å². The van der Waals surface area contributed by atoms with Gasteiger partial charge in [0, 0.05) is 0 Å². The van der Waals surface area contributed by atoms with E-state index >= 15 is 0 Å². The van der Waals surface area contributed by atoms with Gasteiger partial charge in [-0.2, -0.15) is 0 Å². The van der Waals surface area contributed by atoms with E-state index in [2.05, 4.69) is 48.5 Å². The third kappa shape index (κ3) is 11.2. The van der Waals surface area contributed by atoms with Crippen LogP contribution in [0.5, 0.6) is 46.0 Å². The summed E-state index contributed by atoms with van der Waals surface area (Å²) in [7, 11) is 9.87. The summed E-state index contributed by atoms with van der Waals surface area (Å²) in [6.07, 6.45) is 0. The average molecular weight is 809 g/mol. The molecule has 0 unspecified atom stereocenters. The lowest BCUT2D eigenvalue weighted by Gasteiger charge is -2.33. The second-order valence-electron chi connectivity index (χ2n) is 13.5. The van der Waals surface area contributed by atoms with Gasteiger partial charge in [-0.3, -0.25) is 0 Å². The number of para-hydroxylation sites is 4. The normalized spacial score (nSPS) is 13.0. The second-order valence-corrected chi connectivity index (χ2v) is 26.4. The predicted molar refractivity (Wildman–Crippen MR) is 235 cm³/mol. The molecule has 0 amide bonds. The van der Waals surface area contributed by atoms with Crippen molar-refractivity contribution in [2.24, 2.45) is 0 Å². The van der Waals surface area contributed by atoms with E-state index in [-0.39, 0.29) is 0 Å². The van der Waals surface area contributed by atoms with Gasteiger partial charge in [-0.25, -0.2) is 0 Å². The quantitative estimate of drug-likeness (QED) is 0.100. The lowest BCUT2D eigenvalue weighted by atomic mass is 10.3. The Kier molecular flexibility index (Phi) is 17.4. The van der Waals surface area contributed by atoms with Crippen molar-refractivity contribution >= 4 is 66.9 Å². The molecule has 53 heavy (non-hydrogen) atoms. The van der Waals surface area contributed by atoms with Crippen LogP contribution in [0.4, 0.5) is 0 Å². The van der Waals surface area contributed by atoms with Crippen molar-refractivity contribution in [3.8, 4) is 46.0 Å². The molecule has 4 aromatic rings. The van der Waals surface area contributed by atoms with E-state index in [0.29, 0.717) is 0 Å². The maximum atomic E-state index is 5.89. The fourth-order valence-electron chi connectivity index (χ4n) is 7.97. The summed E-state index contributed by atoms with van der Waals surface area (Å²) in [5, 5.41) is 5.43. The van der Waals surface area contributed by atoms with Crippen molar-refractivity contribution in [1.29, 1.82) is 0 Å². The van der Waals surface area contributed by atoms with Gasteiger partial charge in [0.1, 0.15) is 0 Å². The van der Waals surface area contributed by atoms with E-state index in [9.17, 15) is 0 Å². The van der Waals surface area contributed by atoms with Crippen LogP contribution in [0.25, 0.3) is 0 Å². The highest BCUT2D eigenvalue weighted by molar-refractivity contribution is 6.83. The third-order valence-electron chi connectivity index (χ3n) is 10.6. The summed E-state index contributed by atoms with van der Waals surface area (Å²) in [5.74, 6) is 6.99. The molecular formula is C40H60O8Si5. The molecule has 8 nitrogen and oxygen atoms in total. The second kappa shape index (κ2) is 21.9. The van der Waals surface area contributed by atoms with Gasteiger partial charge >= 0.3 is 0 Å². The van der Waals surface area contributed by atoms with Crippen molar-refractivity contribution in [2.75, 3.05) is 56.9 Å². The molecule has 0 aliphatic rings. The molecule has 0 fully saturated rings. The largest absolute Gasteiger partial charge is 0.493 e. The van der Waals surface area contributed by atoms with Crippen LogP contribution in [0.15, 0.2) is 72.8 Å². The first kappa shape index (κ1) is 42.1. The summed E-state index contributed by atoms with van der Waals surface area (Å²) >= 11 is 0. The zero-order valence-electron chi connectivity index (χ0n) is 33.2. The van der Waals surface area contributed by atoms with E-state index < -0.39 is 46.2 Å². The Hall–Kier alpha value is -3.64. The van der Waals surface area contributed by atoms with Gasteiger partial charge in [-0.15, -0.1) is 0 Å². The first-order chi connectivity index (χ1) is 25.9. The van der Waals surface area contributed by atoms with E-state index in [0.717, 1.165) is 46.0 Å². The lowest BCUT2D eigenvalue weighted by Crippen LogP contribution is -2.37. The number of methoxy groups -OCH3 is 8. The standard InChI is InChI=1S/C40H60O8Si5/c1-41-29-13-9-17-33(37(29)45-5)49-21-25-53(26-22-50-34-18-10-14-30(42-2)38(34)46-6,27-23-51-35-19-11-15-31(43-3)39(35)47-7)28-24-52-36-20-12-16-32(44-4)40(36)48-8/h9-20H,21-28,49-52H2,1-8H3. The Morgan fingerprint density at radius 2 is 0.566 bits per heavy atom. The fourth-order valence-corrected chi connectivity index (χ4v) is 29.2. The maximum Gasteiger partial charge on any atom is 0.160 e. The van der Waals surface area contributed by atoms with Gasteiger partial charge in [-0.05, 0) is 45.0 Å². The summed E-state index contributed by atoms with van der Waals surface area (Å²) in [6.45, 7) is 0. The SMILES string of the molecule is COc1cccc([SiH2]CC[Si](CC[SiH2]c2cccc(OC)c2OC)(CC[SiH2]c2cccc(OC)c2OC)CC[SiH2]c2cccc(OC)c2OC)c1OC. The number of hydrogen-bond donors (Lipinski definition) is 0. The van der Waals surface area contributed by atoms with Gasteiger partial charge in [0.05, 0.1) is 103 Å². The molecule has 0 atom stereocenters. The van der Waals surface area contributed by atoms with Gasteiger partial charge in [0.15, 0.2) is 46.0 Å². The first-order valence-electron chi connectivity index (χ1n) is 18.7. The van der Waals surface area contributed by atoms with Crippen LogP contribution < -0.4 is 58.6 Å². The Labute approximate surface area is 327 Å². The van der Waals surface area contributed by atoms with Crippen molar-refractivity contribution in [3.05, 3.63) is 72.8 Å². The van der Waals surface area contributed by atoms with Gasteiger partial charge in [-0.1, -0.05) is 96.9 Å². The highest BCUT2D eigenvalue weighted by Crippen LogP contribution is 2.35. The van der Waals surface area contributed by atoms with Crippen LogP contribution in [0.3, 0.4) is 0 Å². The van der Waals surface area contributed by atoms with Crippen LogP contribution in [-0.2, 0) is 0 Å². The van der Waals surface area contributed by atoms with E-state index in [1.54, 1.807) is 56.9 Å². The first-order valence-corrected chi connectivity index (χ1v) is 28.4.